The molecule has 0 aliphatic carbocycles. The summed E-state index contributed by atoms with van der Waals surface area (Å²) in [5.41, 5.74) is 4.61. The van der Waals surface area contributed by atoms with E-state index in [-0.39, 0.29) is 0 Å². The Bertz CT molecular complexity index is 618. The molecule has 0 saturated carbocycles. The summed E-state index contributed by atoms with van der Waals surface area (Å²) in [6, 6.07) is 5.83. The maximum absolute atomic E-state index is 14.2. The van der Waals surface area contributed by atoms with E-state index in [1.165, 1.54) is 12.1 Å². The van der Waals surface area contributed by atoms with Crippen molar-refractivity contribution < 1.29 is 13.2 Å². The zero-order valence-corrected chi connectivity index (χ0v) is 11.2. The quantitative estimate of drug-likeness (QED) is 0.669. The van der Waals surface area contributed by atoms with Gasteiger partial charge < -0.3 is 0 Å². The van der Waals surface area contributed by atoms with Crippen LogP contribution in [0.25, 0.3) is 0 Å². The van der Waals surface area contributed by atoms with Crippen molar-refractivity contribution in [3.8, 4) is 0 Å². The molecule has 5 heteroatoms. The molecule has 0 radical (unpaired) electrons. The molecule has 3 N–H and O–H groups in total. The highest BCUT2D eigenvalue weighted by Gasteiger charge is 2.20. The van der Waals surface area contributed by atoms with E-state index >= 15 is 0 Å². The smallest absolute Gasteiger partial charge is 0.159 e. The highest BCUT2D eigenvalue weighted by atomic mass is 19.2. The second kappa shape index (κ2) is 5.64. The summed E-state index contributed by atoms with van der Waals surface area (Å²) in [6.07, 6.45) is 0. The molecule has 0 amide bonds. The first-order chi connectivity index (χ1) is 9.43. The lowest BCUT2D eigenvalue weighted by Crippen LogP contribution is -2.30. The number of benzene rings is 2. The van der Waals surface area contributed by atoms with Crippen LogP contribution in [0.5, 0.6) is 0 Å². The molecule has 106 valence electrons. The minimum Gasteiger partial charge on any atom is -0.271 e. The van der Waals surface area contributed by atoms with Crippen LogP contribution in [0.1, 0.15) is 28.3 Å². The number of nitrogens with two attached hydrogens (primary N) is 1. The van der Waals surface area contributed by atoms with Crippen molar-refractivity contribution in [3.05, 3.63) is 70.0 Å². The fourth-order valence-electron chi connectivity index (χ4n) is 2.33. The van der Waals surface area contributed by atoms with E-state index in [4.69, 9.17) is 5.84 Å². The zero-order valence-electron chi connectivity index (χ0n) is 11.2. The fourth-order valence-corrected chi connectivity index (χ4v) is 2.33. The molecule has 0 saturated heterocycles. The Morgan fingerprint density at radius 1 is 0.950 bits per heavy atom. The summed E-state index contributed by atoms with van der Waals surface area (Å²) < 4.78 is 40.4. The van der Waals surface area contributed by atoms with Gasteiger partial charge in [-0.1, -0.05) is 12.1 Å². The summed E-state index contributed by atoms with van der Waals surface area (Å²) in [5.74, 6) is 3.09. The number of nitrogens with one attached hydrogen (secondary N) is 1. The zero-order chi connectivity index (χ0) is 14.9. The van der Waals surface area contributed by atoms with Gasteiger partial charge in [-0.05, 0) is 48.7 Å². The maximum Gasteiger partial charge on any atom is 0.159 e. The molecule has 1 unspecified atom stereocenters. The number of rotatable bonds is 3. The minimum absolute atomic E-state index is 0.323. The van der Waals surface area contributed by atoms with Crippen LogP contribution < -0.4 is 11.3 Å². The van der Waals surface area contributed by atoms with Gasteiger partial charge in [0, 0.05) is 5.56 Å². The van der Waals surface area contributed by atoms with Crippen LogP contribution >= 0.6 is 0 Å². The van der Waals surface area contributed by atoms with Crippen LogP contribution in [0.15, 0.2) is 30.3 Å². The summed E-state index contributed by atoms with van der Waals surface area (Å²) in [5, 5.41) is 0. The van der Waals surface area contributed by atoms with Crippen molar-refractivity contribution in [2.75, 3.05) is 0 Å². The Morgan fingerprint density at radius 2 is 1.65 bits per heavy atom. The predicted octanol–water partition coefficient (Wildman–Crippen LogP) is 3.27. The Hall–Kier alpha value is -1.85. The van der Waals surface area contributed by atoms with E-state index in [1.54, 1.807) is 13.8 Å². The van der Waals surface area contributed by atoms with E-state index in [1.807, 2.05) is 6.07 Å². The van der Waals surface area contributed by atoms with Crippen LogP contribution in [0.3, 0.4) is 0 Å². The second-order valence-electron chi connectivity index (χ2n) is 4.75. The van der Waals surface area contributed by atoms with Crippen molar-refractivity contribution in [2.45, 2.75) is 19.9 Å². The molecule has 2 aromatic rings. The van der Waals surface area contributed by atoms with Crippen LogP contribution in [0, 0.1) is 31.3 Å². The highest BCUT2D eigenvalue weighted by Crippen LogP contribution is 2.28. The van der Waals surface area contributed by atoms with Gasteiger partial charge in [-0.25, -0.2) is 18.6 Å². The predicted molar refractivity (Wildman–Crippen MR) is 71.4 cm³/mol. The fraction of sp³-hybridized carbons (Fsp3) is 0.200. The first kappa shape index (κ1) is 14.6. The largest absolute Gasteiger partial charge is 0.271 e. The summed E-state index contributed by atoms with van der Waals surface area (Å²) in [7, 11) is 0. The normalized spacial score (nSPS) is 12.5. The van der Waals surface area contributed by atoms with E-state index in [9.17, 15) is 13.2 Å². The molecule has 2 aromatic carbocycles. The van der Waals surface area contributed by atoms with Crippen molar-refractivity contribution in [1.82, 2.24) is 5.43 Å². The molecule has 2 nitrogen and oxygen atoms in total. The number of hydrogen-bond acceptors (Lipinski definition) is 2. The number of hydrazine groups is 1. The molecule has 2 rings (SSSR count). The second-order valence-corrected chi connectivity index (χ2v) is 4.75. The molecule has 0 fully saturated rings. The molecule has 0 bridgehead atoms. The molecule has 0 heterocycles. The Morgan fingerprint density at radius 3 is 2.20 bits per heavy atom. The first-order valence-corrected chi connectivity index (χ1v) is 6.11. The lowest BCUT2D eigenvalue weighted by atomic mass is 9.93. The molecule has 0 aliphatic rings. The lowest BCUT2D eigenvalue weighted by Gasteiger charge is -2.20. The maximum atomic E-state index is 14.2. The Kier molecular flexibility index (Phi) is 4.11. The van der Waals surface area contributed by atoms with Crippen LogP contribution in [0.4, 0.5) is 13.2 Å². The molecular formula is C15H15F3N2. The average molecular weight is 280 g/mol. The molecule has 0 spiro atoms. The number of halogens is 3. The van der Waals surface area contributed by atoms with Gasteiger partial charge in [0.15, 0.2) is 11.6 Å². The Balaban J connectivity index is 2.55. The molecule has 1 atom stereocenters. The third-order valence-corrected chi connectivity index (χ3v) is 3.21. The van der Waals surface area contributed by atoms with Gasteiger partial charge in [0.05, 0.1) is 6.04 Å². The van der Waals surface area contributed by atoms with Crippen LogP contribution in [-0.4, -0.2) is 0 Å². The molecule has 0 aliphatic heterocycles. The SMILES string of the molecule is Cc1cc(C)c(C(NN)c2ccc(F)c(F)c2)c(F)c1. The van der Waals surface area contributed by atoms with Crippen LogP contribution in [-0.2, 0) is 0 Å². The van der Waals surface area contributed by atoms with E-state index in [0.717, 1.165) is 17.7 Å². The first-order valence-electron chi connectivity index (χ1n) is 6.11. The monoisotopic (exact) mass is 280 g/mol. The average Bonchev–Trinajstić information content (AvgIpc) is 2.37. The highest BCUT2D eigenvalue weighted by molar-refractivity contribution is 5.40. The lowest BCUT2D eigenvalue weighted by molar-refractivity contribution is 0.501. The van der Waals surface area contributed by atoms with Crippen molar-refractivity contribution in [3.63, 3.8) is 0 Å². The number of hydrogen-bond donors (Lipinski definition) is 2. The third kappa shape index (κ3) is 2.69. The Labute approximate surface area is 115 Å². The van der Waals surface area contributed by atoms with Gasteiger partial charge in [-0.15, -0.1) is 0 Å². The minimum atomic E-state index is -0.993. The molecule has 0 aromatic heterocycles. The van der Waals surface area contributed by atoms with Gasteiger partial charge in [0.2, 0.25) is 0 Å². The summed E-state index contributed by atoms with van der Waals surface area (Å²) >= 11 is 0. The summed E-state index contributed by atoms with van der Waals surface area (Å²) in [6.45, 7) is 3.53. The van der Waals surface area contributed by atoms with Crippen molar-refractivity contribution >= 4 is 0 Å². The van der Waals surface area contributed by atoms with E-state index in [0.29, 0.717) is 16.7 Å². The topological polar surface area (TPSA) is 38.0 Å². The molecular weight excluding hydrogens is 265 g/mol. The van der Waals surface area contributed by atoms with Gasteiger partial charge >= 0.3 is 0 Å². The van der Waals surface area contributed by atoms with Gasteiger partial charge in [0.25, 0.3) is 0 Å². The summed E-state index contributed by atoms with van der Waals surface area (Å²) in [4.78, 5) is 0. The van der Waals surface area contributed by atoms with E-state index < -0.39 is 23.5 Å². The van der Waals surface area contributed by atoms with Crippen molar-refractivity contribution in [1.29, 1.82) is 0 Å². The number of aryl methyl sites for hydroxylation is 2. The van der Waals surface area contributed by atoms with Crippen molar-refractivity contribution in [2.24, 2.45) is 5.84 Å². The standard InChI is InChI=1S/C15H15F3N2/c1-8-5-9(2)14(13(18)6-8)15(20-19)10-3-4-11(16)12(17)7-10/h3-7,15,20H,19H2,1-2H3. The third-order valence-electron chi connectivity index (χ3n) is 3.21. The van der Waals surface area contributed by atoms with Crippen LogP contribution in [0.2, 0.25) is 0 Å². The van der Waals surface area contributed by atoms with Gasteiger partial charge in [-0.3, -0.25) is 5.84 Å². The molecule has 20 heavy (non-hydrogen) atoms. The van der Waals surface area contributed by atoms with Gasteiger partial charge in [-0.2, -0.15) is 0 Å². The van der Waals surface area contributed by atoms with Gasteiger partial charge in [0.1, 0.15) is 5.82 Å². The van der Waals surface area contributed by atoms with E-state index in [2.05, 4.69) is 5.43 Å².